The molecule has 1 aromatic rings. The van der Waals surface area contributed by atoms with Gasteiger partial charge in [-0.05, 0) is 25.5 Å². The summed E-state index contributed by atoms with van der Waals surface area (Å²) in [6.07, 6.45) is 0.519. The summed E-state index contributed by atoms with van der Waals surface area (Å²) in [5.74, 6) is 0.853. The Labute approximate surface area is 84.9 Å². The topological polar surface area (TPSA) is 26.3 Å². The molecule has 0 aliphatic heterocycles. The van der Waals surface area contributed by atoms with Crippen LogP contribution in [0.25, 0.3) is 0 Å². The van der Waals surface area contributed by atoms with Crippen LogP contribution in [-0.4, -0.2) is 12.4 Å². The molecule has 76 valence electrons. The van der Waals surface area contributed by atoms with Gasteiger partial charge in [0, 0.05) is 6.42 Å². The van der Waals surface area contributed by atoms with Crippen molar-refractivity contribution in [2.75, 3.05) is 6.61 Å². The third-order valence-electron chi connectivity index (χ3n) is 2.13. The van der Waals surface area contributed by atoms with Crippen molar-refractivity contribution in [3.05, 3.63) is 29.3 Å². The van der Waals surface area contributed by atoms with Gasteiger partial charge < -0.3 is 4.74 Å². The number of ether oxygens (including phenoxy) is 1. The summed E-state index contributed by atoms with van der Waals surface area (Å²) in [5.41, 5.74) is 1.72. The molecule has 14 heavy (non-hydrogen) atoms. The summed E-state index contributed by atoms with van der Waals surface area (Å²) in [5, 5.41) is 0. The van der Waals surface area contributed by atoms with Crippen molar-refractivity contribution in [3.63, 3.8) is 0 Å². The fraction of sp³-hybridized carbons (Fsp3) is 0.417. The van der Waals surface area contributed by atoms with E-state index >= 15 is 0 Å². The lowest BCUT2D eigenvalue weighted by Crippen LogP contribution is -2.04. The highest BCUT2D eigenvalue weighted by molar-refractivity contribution is 5.99. The summed E-state index contributed by atoms with van der Waals surface area (Å²) >= 11 is 0. The summed E-state index contributed by atoms with van der Waals surface area (Å²) in [6, 6.07) is 5.69. The van der Waals surface area contributed by atoms with Crippen LogP contribution >= 0.6 is 0 Å². The number of hydrogen-bond acceptors (Lipinski definition) is 2. The highest BCUT2D eigenvalue weighted by atomic mass is 16.5. The van der Waals surface area contributed by atoms with E-state index in [9.17, 15) is 4.79 Å². The van der Waals surface area contributed by atoms with E-state index in [1.165, 1.54) is 0 Å². The van der Waals surface area contributed by atoms with Crippen molar-refractivity contribution >= 4 is 5.78 Å². The Morgan fingerprint density at radius 1 is 1.36 bits per heavy atom. The first kappa shape index (κ1) is 10.8. The molecular weight excluding hydrogens is 176 g/mol. The van der Waals surface area contributed by atoms with Crippen LogP contribution in [0.1, 0.15) is 36.2 Å². The molecule has 2 heteroatoms. The Balaban J connectivity index is 3.15. The minimum atomic E-state index is 0.145. The van der Waals surface area contributed by atoms with Crippen molar-refractivity contribution < 1.29 is 9.53 Å². The second kappa shape index (κ2) is 4.80. The highest BCUT2D eigenvalue weighted by Crippen LogP contribution is 2.23. The molecule has 0 heterocycles. The van der Waals surface area contributed by atoms with Crippen LogP contribution in [0.3, 0.4) is 0 Å². The van der Waals surface area contributed by atoms with Gasteiger partial charge in [0.15, 0.2) is 5.78 Å². The summed E-state index contributed by atoms with van der Waals surface area (Å²) in [6.45, 7) is 6.31. The Bertz CT molecular complexity index is 329. The lowest BCUT2D eigenvalue weighted by molar-refractivity contribution is 0.0984. The third kappa shape index (κ3) is 2.13. The van der Waals surface area contributed by atoms with Crippen LogP contribution in [0, 0.1) is 6.92 Å². The maximum Gasteiger partial charge on any atom is 0.166 e. The zero-order valence-electron chi connectivity index (χ0n) is 8.96. The second-order valence-electron chi connectivity index (χ2n) is 3.16. The highest BCUT2D eigenvalue weighted by Gasteiger charge is 2.12. The van der Waals surface area contributed by atoms with E-state index < -0.39 is 0 Å². The lowest BCUT2D eigenvalue weighted by atomic mass is 10.0. The molecule has 0 aliphatic rings. The number of benzene rings is 1. The second-order valence-corrected chi connectivity index (χ2v) is 3.16. The van der Waals surface area contributed by atoms with E-state index in [1.54, 1.807) is 0 Å². The van der Waals surface area contributed by atoms with E-state index in [4.69, 9.17) is 4.74 Å². The van der Waals surface area contributed by atoms with Crippen molar-refractivity contribution in [1.29, 1.82) is 0 Å². The Morgan fingerprint density at radius 2 is 2.07 bits per heavy atom. The average molecular weight is 192 g/mol. The number of Topliss-reactive ketones (excluding diaryl/α,β-unsaturated/α-hetero) is 1. The maximum absolute atomic E-state index is 11.6. The molecule has 0 amide bonds. The first-order chi connectivity index (χ1) is 6.70. The molecule has 1 rings (SSSR count). The molecule has 0 saturated carbocycles. The summed E-state index contributed by atoms with van der Waals surface area (Å²) < 4.78 is 5.42. The van der Waals surface area contributed by atoms with Gasteiger partial charge in [0.1, 0.15) is 5.75 Å². The van der Waals surface area contributed by atoms with Gasteiger partial charge >= 0.3 is 0 Å². The van der Waals surface area contributed by atoms with Crippen LogP contribution in [0.5, 0.6) is 5.75 Å². The van der Waals surface area contributed by atoms with Gasteiger partial charge in [-0.25, -0.2) is 0 Å². The number of hydrogen-bond donors (Lipinski definition) is 0. The largest absolute Gasteiger partial charge is 0.493 e. The molecule has 0 unspecified atom stereocenters. The fourth-order valence-electron chi connectivity index (χ4n) is 1.45. The monoisotopic (exact) mass is 192 g/mol. The van der Waals surface area contributed by atoms with Crippen LogP contribution in [0.4, 0.5) is 0 Å². The Kier molecular flexibility index (Phi) is 3.69. The minimum absolute atomic E-state index is 0.145. The number of ketones is 1. The van der Waals surface area contributed by atoms with Gasteiger partial charge in [-0.15, -0.1) is 0 Å². The average Bonchev–Trinajstić information content (AvgIpc) is 2.18. The summed E-state index contributed by atoms with van der Waals surface area (Å²) in [4.78, 5) is 11.6. The van der Waals surface area contributed by atoms with Crippen LogP contribution < -0.4 is 4.74 Å². The third-order valence-corrected chi connectivity index (χ3v) is 2.13. The van der Waals surface area contributed by atoms with E-state index in [2.05, 4.69) is 0 Å². The SMILES string of the molecule is CCOc1cccc(C)c1C(=O)CC. The molecule has 0 spiro atoms. The molecule has 2 nitrogen and oxygen atoms in total. The smallest absolute Gasteiger partial charge is 0.166 e. The van der Waals surface area contributed by atoms with E-state index in [-0.39, 0.29) is 5.78 Å². The predicted molar refractivity (Wildman–Crippen MR) is 57.0 cm³/mol. The Hall–Kier alpha value is -1.31. The maximum atomic E-state index is 11.6. The molecule has 0 radical (unpaired) electrons. The van der Waals surface area contributed by atoms with Crippen molar-refractivity contribution in [1.82, 2.24) is 0 Å². The van der Waals surface area contributed by atoms with Gasteiger partial charge in [-0.3, -0.25) is 4.79 Å². The number of carbonyl (C=O) groups excluding carboxylic acids is 1. The molecule has 1 aromatic carbocycles. The van der Waals surface area contributed by atoms with Gasteiger partial charge in [0.05, 0.1) is 12.2 Å². The molecule has 0 aromatic heterocycles. The van der Waals surface area contributed by atoms with Gasteiger partial charge in [0.25, 0.3) is 0 Å². The van der Waals surface area contributed by atoms with E-state index in [0.717, 1.165) is 11.1 Å². The van der Waals surface area contributed by atoms with Crippen LogP contribution in [0.2, 0.25) is 0 Å². The molecule has 0 saturated heterocycles. The minimum Gasteiger partial charge on any atom is -0.493 e. The zero-order valence-corrected chi connectivity index (χ0v) is 8.96. The van der Waals surface area contributed by atoms with Gasteiger partial charge in [-0.2, -0.15) is 0 Å². The van der Waals surface area contributed by atoms with Crippen molar-refractivity contribution in [2.45, 2.75) is 27.2 Å². The first-order valence-electron chi connectivity index (χ1n) is 4.96. The zero-order chi connectivity index (χ0) is 10.6. The van der Waals surface area contributed by atoms with Crippen LogP contribution in [0.15, 0.2) is 18.2 Å². The van der Waals surface area contributed by atoms with E-state index in [0.29, 0.717) is 18.8 Å². The van der Waals surface area contributed by atoms with Crippen LogP contribution in [-0.2, 0) is 0 Å². The van der Waals surface area contributed by atoms with Gasteiger partial charge in [0.2, 0.25) is 0 Å². The number of aryl methyl sites for hydroxylation is 1. The lowest BCUT2D eigenvalue weighted by Gasteiger charge is -2.10. The summed E-state index contributed by atoms with van der Waals surface area (Å²) in [7, 11) is 0. The molecular formula is C12H16O2. The molecule has 0 bridgehead atoms. The number of rotatable bonds is 4. The van der Waals surface area contributed by atoms with Crippen molar-refractivity contribution in [3.8, 4) is 5.75 Å². The molecule has 0 aliphatic carbocycles. The van der Waals surface area contributed by atoms with Crippen molar-refractivity contribution in [2.24, 2.45) is 0 Å². The quantitative estimate of drug-likeness (QED) is 0.685. The van der Waals surface area contributed by atoms with E-state index in [1.807, 2.05) is 39.0 Å². The van der Waals surface area contributed by atoms with Gasteiger partial charge in [-0.1, -0.05) is 19.1 Å². The normalized spacial score (nSPS) is 9.93. The predicted octanol–water partition coefficient (Wildman–Crippen LogP) is 2.99. The fourth-order valence-corrected chi connectivity index (χ4v) is 1.45. The Morgan fingerprint density at radius 3 is 2.64 bits per heavy atom. The standard InChI is InChI=1S/C12H16O2/c1-4-10(13)12-9(3)7-6-8-11(12)14-5-2/h6-8H,4-5H2,1-3H3. The first-order valence-corrected chi connectivity index (χ1v) is 4.96. The number of carbonyl (C=O) groups is 1. The molecule has 0 fully saturated rings. The molecule has 0 N–H and O–H groups in total. The molecule has 0 atom stereocenters.